The minimum absolute atomic E-state index is 0.0518. The third kappa shape index (κ3) is 2.90. The SMILES string of the molecule is CNCC1CCN(Cc2csc(=O)[nH]2)C1. The van der Waals surface area contributed by atoms with Gasteiger partial charge in [-0.2, -0.15) is 0 Å². The van der Waals surface area contributed by atoms with Gasteiger partial charge in [0.05, 0.1) is 0 Å². The van der Waals surface area contributed by atoms with Crippen molar-refractivity contribution in [2.45, 2.75) is 13.0 Å². The lowest BCUT2D eigenvalue weighted by atomic mass is 10.1. The normalized spacial score (nSPS) is 22.3. The molecule has 1 saturated heterocycles. The topological polar surface area (TPSA) is 48.1 Å². The molecule has 2 N–H and O–H groups in total. The fourth-order valence-corrected chi connectivity index (χ4v) is 2.72. The van der Waals surface area contributed by atoms with Crippen molar-refractivity contribution in [3.8, 4) is 0 Å². The Labute approximate surface area is 93.3 Å². The summed E-state index contributed by atoms with van der Waals surface area (Å²) >= 11 is 1.25. The van der Waals surface area contributed by atoms with Crippen LogP contribution in [0.2, 0.25) is 0 Å². The average Bonchev–Trinajstić information content (AvgIpc) is 2.78. The Hall–Kier alpha value is -0.650. The fraction of sp³-hybridized carbons (Fsp3) is 0.700. The van der Waals surface area contributed by atoms with E-state index in [-0.39, 0.29) is 4.87 Å². The van der Waals surface area contributed by atoms with Crippen LogP contribution in [0, 0.1) is 5.92 Å². The van der Waals surface area contributed by atoms with Gasteiger partial charge in [0.2, 0.25) is 0 Å². The van der Waals surface area contributed by atoms with Crippen LogP contribution in [0.1, 0.15) is 12.1 Å². The summed E-state index contributed by atoms with van der Waals surface area (Å²) in [6.07, 6.45) is 1.26. The molecule has 0 spiro atoms. The van der Waals surface area contributed by atoms with E-state index in [2.05, 4.69) is 15.2 Å². The van der Waals surface area contributed by atoms with Gasteiger partial charge in [-0.25, -0.2) is 0 Å². The molecule has 1 aliphatic rings. The van der Waals surface area contributed by atoms with Crippen molar-refractivity contribution in [3.63, 3.8) is 0 Å². The Morgan fingerprint density at radius 1 is 1.73 bits per heavy atom. The summed E-state index contributed by atoms with van der Waals surface area (Å²) in [7, 11) is 2.00. The molecule has 84 valence electrons. The number of H-pyrrole nitrogens is 1. The van der Waals surface area contributed by atoms with Crippen LogP contribution < -0.4 is 10.2 Å². The predicted octanol–water partition coefficient (Wildman–Crippen LogP) is 0.478. The summed E-state index contributed by atoms with van der Waals surface area (Å²) in [6.45, 7) is 4.26. The number of aromatic amines is 1. The molecule has 2 rings (SSSR count). The van der Waals surface area contributed by atoms with Crippen LogP contribution in [0.15, 0.2) is 10.2 Å². The van der Waals surface area contributed by atoms with Gasteiger partial charge in [0.25, 0.3) is 0 Å². The van der Waals surface area contributed by atoms with Crippen molar-refractivity contribution in [1.82, 2.24) is 15.2 Å². The molecule has 0 radical (unpaired) electrons. The molecule has 1 aromatic heterocycles. The van der Waals surface area contributed by atoms with Crippen LogP contribution in [0.4, 0.5) is 0 Å². The Balaban J connectivity index is 1.84. The largest absolute Gasteiger partial charge is 0.319 e. The number of nitrogens with zero attached hydrogens (tertiary/aromatic N) is 1. The van der Waals surface area contributed by atoms with Gasteiger partial charge >= 0.3 is 4.87 Å². The van der Waals surface area contributed by atoms with Gasteiger partial charge in [-0.15, -0.1) is 0 Å². The highest BCUT2D eigenvalue weighted by atomic mass is 32.1. The Morgan fingerprint density at radius 2 is 2.60 bits per heavy atom. The van der Waals surface area contributed by atoms with E-state index < -0.39 is 0 Å². The predicted molar refractivity (Wildman–Crippen MR) is 62.3 cm³/mol. The first-order valence-electron chi connectivity index (χ1n) is 5.31. The van der Waals surface area contributed by atoms with Crippen molar-refractivity contribution in [1.29, 1.82) is 0 Å². The van der Waals surface area contributed by atoms with E-state index in [0.29, 0.717) is 0 Å². The summed E-state index contributed by atoms with van der Waals surface area (Å²) in [5.74, 6) is 0.764. The molecule has 0 amide bonds. The van der Waals surface area contributed by atoms with Crippen LogP contribution >= 0.6 is 11.3 Å². The summed E-state index contributed by atoms with van der Waals surface area (Å²) in [5.41, 5.74) is 1.05. The monoisotopic (exact) mass is 227 g/mol. The Kier molecular flexibility index (Phi) is 3.56. The lowest BCUT2D eigenvalue weighted by Crippen LogP contribution is -2.24. The van der Waals surface area contributed by atoms with E-state index in [1.54, 1.807) is 0 Å². The lowest BCUT2D eigenvalue weighted by molar-refractivity contribution is 0.312. The Morgan fingerprint density at radius 3 is 3.27 bits per heavy atom. The van der Waals surface area contributed by atoms with Gasteiger partial charge in [-0.3, -0.25) is 9.69 Å². The molecule has 1 atom stereocenters. The summed E-state index contributed by atoms with van der Waals surface area (Å²) in [4.78, 5) is 16.3. The maximum atomic E-state index is 11.0. The van der Waals surface area contributed by atoms with Crippen LogP contribution in [0.3, 0.4) is 0 Å². The standard InChI is InChI=1S/C10H17N3OS/c1-11-4-8-2-3-13(5-8)6-9-7-15-10(14)12-9/h7-8,11H,2-6H2,1H3,(H,12,14). The second-order valence-electron chi connectivity index (χ2n) is 4.12. The highest BCUT2D eigenvalue weighted by Gasteiger charge is 2.21. The zero-order chi connectivity index (χ0) is 10.7. The molecule has 4 nitrogen and oxygen atoms in total. The smallest absolute Gasteiger partial charge is 0.304 e. The first-order chi connectivity index (χ1) is 7.28. The lowest BCUT2D eigenvalue weighted by Gasteiger charge is -2.14. The van der Waals surface area contributed by atoms with E-state index in [0.717, 1.165) is 37.8 Å². The highest BCUT2D eigenvalue weighted by molar-refractivity contribution is 7.07. The number of hydrogen-bond acceptors (Lipinski definition) is 4. The van der Waals surface area contributed by atoms with Gasteiger partial charge in [0.15, 0.2) is 0 Å². The minimum Gasteiger partial charge on any atom is -0.319 e. The van der Waals surface area contributed by atoms with Crippen molar-refractivity contribution in [2.24, 2.45) is 5.92 Å². The summed E-state index contributed by atoms with van der Waals surface area (Å²) < 4.78 is 0. The number of aromatic nitrogens is 1. The fourth-order valence-electron chi connectivity index (χ4n) is 2.14. The number of hydrogen-bond donors (Lipinski definition) is 2. The molecule has 1 aliphatic heterocycles. The summed E-state index contributed by atoms with van der Waals surface area (Å²) in [6, 6.07) is 0. The first kappa shape index (κ1) is 10.9. The van der Waals surface area contributed by atoms with Gasteiger partial charge in [0, 0.05) is 24.2 Å². The minimum atomic E-state index is 0.0518. The van der Waals surface area contributed by atoms with Crippen LogP contribution in [0.25, 0.3) is 0 Å². The van der Waals surface area contributed by atoms with Crippen LogP contribution in [-0.2, 0) is 6.54 Å². The molecule has 1 aromatic rings. The van der Waals surface area contributed by atoms with E-state index in [4.69, 9.17) is 0 Å². The van der Waals surface area contributed by atoms with Crippen molar-refractivity contribution >= 4 is 11.3 Å². The van der Waals surface area contributed by atoms with E-state index in [9.17, 15) is 4.79 Å². The average molecular weight is 227 g/mol. The van der Waals surface area contributed by atoms with E-state index >= 15 is 0 Å². The van der Waals surface area contributed by atoms with Crippen molar-refractivity contribution < 1.29 is 0 Å². The van der Waals surface area contributed by atoms with Gasteiger partial charge in [0.1, 0.15) is 0 Å². The van der Waals surface area contributed by atoms with E-state index in [1.165, 1.54) is 17.8 Å². The first-order valence-corrected chi connectivity index (χ1v) is 6.19. The third-order valence-electron chi connectivity index (χ3n) is 2.83. The molecule has 5 heteroatoms. The summed E-state index contributed by atoms with van der Waals surface area (Å²) in [5, 5.41) is 5.14. The Bertz CT molecular complexity index is 360. The third-order valence-corrected chi connectivity index (χ3v) is 3.55. The number of rotatable bonds is 4. The molecule has 0 saturated carbocycles. The van der Waals surface area contributed by atoms with Gasteiger partial charge < -0.3 is 10.3 Å². The molecule has 2 heterocycles. The van der Waals surface area contributed by atoms with Gasteiger partial charge in [-0.05, 0) is 32.5 Å². The highest BCUT2D eigenvalue weighted by Crippen LogP contribution is 2.17. The maximum absolute atomic E-state index is 11.0. The quantitative estimate of drug-likeness (QED) is 0.786. The van der Waals surface area contributed by atoms with Crippen LogP contribution in [0.5, 0.6) is 0 Å². The van der Waals surface area contributed by atoms with E-state index in [1.807, 2.05) is 12.4 Å². The molecule has 0 aromatic carbocycles. The maximum Gasteiger partial charge on any atom is 0.304 e. The second-order valence-corrected chi connectivity index (χ2v) is 4.96. The number of nitrogens with one attached hydrogen (secondary N) is 2. The van der Waals surface area contributed by atoms with Crippen molar-refractivity contribution in [2.75, 3.05) is 26.7 Å². The molecule has 1 unspecified atom stereocenters. The van der Waals surface area contributed by atoms with Crippen LogP contribution in [-0.4, -0.2) is 36.6 Å². The zero-order valence-electron chi connectivity index (χ0n) is 8.95. The molecule has 0 bridgehead atoms. The second kappa shape index (κ2) is 4.92. The number of likely N-dealkylation sites (tertiary alicyclic amines) is 1. The molecule has 1 fully saturated rings. The zero-order valence-corrected chi connectivity index (χ0v) is 9.77. The molecule has 0 aliphatic carbocycles. The van der Waals surface area contributed by atoms with Crippen molar-refractivity contribution in [3.05, 3.63) is 20.7 Å². The van der Waals surface area contributed by atoms with Gasteiger partial charge in [-0.1, -0.05) is 11.3 Å². The molecular formula is C10H17N3OS. The molecule has 15 heavy (non-hydrogen) atoms. The number of thiazole rings is 1. The molecular weight excluding hydrogens is 210 g/mol.